The van der Waals surface area contributed by atoms with E-state index in [0.717, 1.165) is 30.5 Å². The second-order valence-corrected chi connectivity index (χ2v) is 6.76. The van der Waals surface area contributed by atoms with Crippen molar-refractivity contribution in [3.05, 3.63) is 41.1 Å². The fourth-order valence-electron chi connectivity index (χ4n) is 3.91. The van der Waals surface area contributed by atoms with E-state index >= 15 is 0 Å². The van der Waals surface area contributed by atoms with Gasteiger partial charge in [0.2, 0.25) is 0 Å². The number of fused-ring (bicyclic) bond motifs is 1. The second-order valence-electron chi connectivity index (χ2n) is 6.76. The molecular formula is C21H25NO4. The fraction of sp³-hybridized carbons (Fsp3) is 0.476. The molecule has 1 saturated carbocycles. The van der Waals surface area contributed by atoms with Crippen LogP contribution in [0.5, 0.6) is 5.75 Å². The van der Waals surface area contributed by atoms with Gasteiger partial charge in [0.25, 0.3) is 0 Å². The van der Waals surface area contributed by atoms with Crippen LogP contribution < -0.4 is 4.74 Å². The molecule has 26 heavy (non-hydrogen) atoms. The zero-order valence-electron chi connectivity index (χ0n) is 15.6. The first-order valence-electron chi connectivity index (χ1n) is 9.19. The average Bonchev–Trinajstić information content (AvgIpc) is 2.65. The predicted molar refractivity (Wildman–Crippen MR) is 99.5 cm³/mol. The largest absolute Gasteiger partial charge is 0.493 e. The van der Waals surface area contributed by atoms with Crippen LogP contribution in [0.4, 0.5) is 0 Å². The number of Topliss-reactive ketones (excluding diaryl/α,β-unsaturated/α-hetero) is 1. The summed E-state index contributed by atoms with van der Waals surface area (Å²) in [5.41, 5.74) is 2.83. The van der Waals surface area contributed by atoms with E-state index < -0.39 is 17.8 Å². The molecule has 2 unspecified atom stereocenters. The summed E-state index contributed by atoms with van der Waals surface area (Å²) < 4.78 is 11.0. The molecule has 1 fully saturated rings. The molecule has 0 aromatic heterocycles. The lowest BCUT2D eigenvalue weighted by atomic mass is 9.69. The summed E-state index contributed by atoms with van der Waals surface area (Å²) in [6.45, 7) is 4.44. The summed E-state index contributed by atoms with van der Waals surface area (Å²) in [4.78, 5) is 30.0. The Balaban J connectivity index is 2.16. The number of esters is 1. The monoisotopic (exact) mass is 355 g/mol. The quantitative estimate of drug-likeness (QED) is 0.753. The van der Waals surface area contributed by atoms with E-state index in [1.54, 1.807) is 0 Å². The molecule has 1 aromatic carbocycles. The van der Waals surface area contributed by atoms with Gasteiger partial charge in [0.15, 0.2) is 0 Å². The molecule has 0 bridgehead atoms. The predicted octanol–water partition coefficient (Wildman–Crippen LogP) is 3.83. The molecule has 0 spiro atoms. The smallest absolute Gasteiger partial charge is 0.336 e. The molecule has 3 rings (SSSR count). The molecule has 1 heterocycles. The zero-order chi connectivity index (χ0) is 18.7. The summed E-state index contributed by atoms with van der Waals surface area (Å²) in [6.07, 6.45) is 3.00. The van der Waals surface area contributed by atoms with E-state index in [-0.39, 0.29) is 5.78 Å². The molecule has 1 aliphatic heterocycles. The van der Waals surface area contributed by atoms with Gasteiger partial charge < -0.3 is 9.47 Å². The molecule has 2 aliphatic rings. The summed E-state index contributed by atoms with van der Waals surface area (Å²) in [6, 6.07) is 7.66. The lowest BCUT2D eigenvalue weighted by Gasteiger charge is -2.36. The van der Waals surface area contributed by atoms with Crippen LogP contribution in [-0.2, 0) is 14.3 Å². The second kappa shape index (κ2) is 7.85. The van der Waals surface area contributed by atoms with Crippen molar-refractivity contribution >= 4 is 17.5 Å². The third-order valence-electron chi connectivity index (χ3n) is 5.03. The van der Waals surface area contributed by atoms with E-state index in [2.05, 4.69) is 4.99 Å². The minimum atomic E-state index is -0.432. The van der Waals surface area contributed by atoms with Gasteiger partial charge in [0.05, 0.1) is 25.2 Å². The highest BCUT2D eigenvalue weighted by Crippen LogP contribution is 2.45. The Labute approximate surface area is 154 Å². The summed E-state index contributed by atoms with van der Waals surface area (Å²) >= 11 is 0. The molecule has 5 heteroatoms. The molecule has 0 saturated heterocycles. The number of aliphatic imine (C=N–C) groups is 1. The Bertz CT molecular complexity index is 778. The van der Waals surface area contributed by atoms with Crippen molar-refractivity contribution in [1.82, 2.24) is 0 Å². The van der Waals surface area contributed by atoms with Crippen LogP contribution in [-0.4, -0.2) is 31.2 Å². The van der Waals surface area contributed by atoms with E-state index in [1.165, 1.54) is 7.11 Å². The number of rotatable bonds is 5. The number of ether oxygens (including phenoxy) is 2. The minimum Gasteiger partial charge on any atom is -0.493 e. The lowest BCUT2D eigenvalue weighted by molar-refractivity contribution is -0.136. The van der Waals surface area contributed by atoms with E-state index in [1.807, 2.05) is 38.1 Å². The van der Waals surface area contributed by atoms with Crippen LogP contribution in [0.2, 0.25) is 0 Å². The van der Waals surface area contributed by atoms with Crippen LogP contribution in [0, 0.1) is 5.92 Å². The van der Waals surface area contributed by atoms with Crippen molar-refractivity contribution in [2.24, 2.45) is 10.9 Å². The lowest BCUT2D eigenvalue weighted by Crippen LogP contribution is -2.39. The third kappa shape index (κ3) is 3.30. The standard InChI is InChI=1S/C21H25NO4/c1-4-12-26-17-11-6-5-8-14(17)19-18(21(24)25-3)13(2)22-15-9-7-10-16(23)20(15)19/h5-6,8,11,19-20H,4,7,9-10,12H2,1-3H3. The molecule has 0 N–H and O–H groups in total. The van der Waals surface area contributed by atoms with Gasteiger partial charge in [0, 0.05) is 29.3 Å². The number of para-hydroxylation sites is 1. The first-order valence-corrected chi connectivity index (χ1v) is 9.19. The topological polar surface area (TPSA) is 65.0 Å². The van der Waals surface area contributed by atoms with Gasteiger partial charge >= 0.3 is 5.97 Å². The Morgan fingerprint density at radius 3 is 2.73 bits per heavy atom. The van der Waals surface area contributed by atoms with Crippen molar-refractivity contribution < 1.29 is 19.1 Å². The van der Waals surface area contributed by atoms with Gasteiger partial charge in [-0.05, 0) is 32.3 Å². The van der Waals surface area contributed by atoms with Crippen LogP contribution in [0.1, 0.15) is 51.0 Å². The molecule has 1 aliphatic carbocycles. The van der Waals surface area contributed by atoms with Crippen LogP contribution in [0.3, 0.4) is 0 Å². The highest BCUT2D eigenvalue weighted by atomic mass is 16.5. The molecular weight excluding hydrogens is 330 g/mol. The SMILES string of the molecule is CCCOc1ccccc1C1C(C(=O)OC)=C(C)N=C2CCCC(=O)C21. The highest BCUT2D eigenvalue weighted by Gasteiger charge is 2.44. The minimum absolute atomic E-state index is 0.138. The van der Waals surface area contributed by atoms with Crippen LogP contribution in [0.15, 0.2) is 40.5 Å². The van der Waals surface area contributed by atoms with Gasteiger partial charge in [-0.2, -0.15) is 0 Å². The third-order valence-corrected chi connectivity index (χ3v) is 5.03. The maximum absolute atomic E-state index is 12.8. The summed E-state index contributed by atoms with van der Waals surface area (Å²) in [5, 5.41) is 0. The van der Waals surface area contributed by atoms with Crippen molar-refractivity contribution in [2.45, 2.75) is 45.4 Å². The zero-order valence-corrected chi connectivity index (χ0v) is 15.6. The number of methoxy groups -OCH3 is 1. The van der Waals surface area contributed by atoms with Gasteiger partial charge in [-0.25, -0.2) is 4.79 Å². The number of ketones is 1. The number of benzene rings is 1. The first-order chi connectivity index (χ1) is 12.6. The Morgan fingerprint density at radius 1 is 1.23 bits per heavy atom. The molecule has 0 amide bonds. The molecule has 2 atom stereocenters. The van der Waals surface area contributed by atoms with Gasteiger partial charge in [-0.3, -0.25) is 9.79 Å². The number of hydrogen-bond donors (Lipinski definition) is 0. The maximum atomic E-state index is 12.8. The molecule has 0 radical (unpaired) electrons. The fourth-order valence-corrected chi connectivity index (χ4v) is 3.91. The van der Waals surface area contributed by atoms with Crippen LogP contribution in [0.25, 0.3) is 0 Å². The van der Waals surface area contributed by atoms with Gasteiger partial charge in [0.1, 0.15) is 11.5 Å². The highest BCUT2D eigenvalue weighted by molar-refractivity contribution is 6.11. The Kier molecular flexibility index (Phi) is 5.55. The van der Waals surface area contributed by atoms with E-state index in [0.29, 0.717) is 30.0 Å². The van der Waals surface area contributed by atoms with Crippen molar-refractivity contribution in [3.63, 3.8) is 0 Å². The number of allylic oxidation sites excluding steroid dienone is 1. The number of nitrogens with zero attached hydrogens (tertiary/aromatic N) is 1. The summed E-state index contributed by atoms with van der Waals surface area (Å²) in [5.74, 6) is -0.393. The van der Waals surface area contributed by atoms with Gasteiger partial charge in [-0.1, -0.05) is 25.1 Å². The maximum Gasteiger partial charge on any atom is 0.336 e. The van der Waals surface area contributed by atoms with Gasteiger partial charge in [-0.15, -0.1) is 0 Å². The summed E-state index contributed by atoms with van der Waals surface area (Å²) in [7, 11) is 1.36. The molecule has 5 nitrogen and oxygen atoms in total. The van der Waals surface area contributed by atoms with Crippen molar-refractivity contribution in [2.75, 3.05) is 13.7 Å². The normalized spacial score (nSPS) is 22.6. The van der Waals surface area contributed by atoms with E-state index in [4.69, 9.17) is 9.47 Å². The number of carbonyl (C=O) groups excluding carboxylic acids is 2. The Hall–Kier alpha value is -2.43. The molecule has 138 valence electrons. The number of carbonyl (C=O) groups is 2. The average molecular weight is 355 g/mol. The first kappa shape index (κ1) is 18.4. The number of hydrogen-bond acceptors (Lipinski definition) is 5. The Morgan fingerprint density at radius 2 is 2.00 bits per heavy atom. The van der Waals surface area contributed by atoms with E-state index in [9.17, 15) is 9.59 Å². The van der Waals surface area contributed by atoms with Crippen molar-refractivity contribution in [3.8, 4) is 5.75 Å². The van der Waals surface area contributed by atoms with Crippen LogP contribution >= 0.6 is 0 Å². The van der Waals surface area contributed by atoms with Crippen molar-refractivity contribution in [1.29, 1.82) is 0 Å². The molecule has 1 aromatic rings.